The molecule has 19 heavy (non-hydrogen) atoms. The molecule has 0 N–H and O–H groups in total. The fourth-order valence-corrected chi connectivity index (χ4v) is 2.12. The molecule has 0 aliphatic heterocycles. The number of hydrogen-bond acceptors (Lipinski definition) is 2. The highest BCUT2D eigenvalue weighted by Gasteiger charge is 2.36. The number of hydrogen-bond donors (Lipinski definition) is 0. The van der Waals surface area contributed by atoms with E-state index in [2.05, 4.69) is 48.5 Å². The van der Waals surface area contributed by atoms with Gasteiger partial charge in [0.25, 0.3) is 0 Å². The molecule has 2 heteroatoms. The Balaban J connectivity index is 4.59. The number of carbonyl (C=O) groups is 1. The minimum absolute atomic E-state index is 0.0913. The topological polar surface area (TPSA) is 26.3 Å². The van der Waals surface area contributed by atoms with E-state index in [-0.39, 0.29) is 16.6 Å². The summed E-state index contributed by atoms with van der Waals surface area (Å²) >= 11 is 0. The van der Waals surface area contributed by atoms with E-state index in [1.807, 2.05) is 6.92 Å². The normalized spacial score (nSPS) is 16.5. The monoisotopic (exact) mass is 270 g/mol. The van der Waals surface area contributed by atoms with Gasteiger partial charge in [-0.25, -0.2) is 0 Å². The maximum Gasteiger partial charge on any atom is 0.161 e. The molecule has 0 rings (SSSR count). The van der Waals surface area contributed by atoms with Crippen molar-refractivity contribution in [2.75, 3.05) is 6.61 Å². The molecule has 0 saturated carbocycles. The van der Waals surface area contributed by atoms with E-state index >= 15 is 0 Å². The van der Waals surface area contributed by atoms with Crippen molar-refractivity contribution in [2.24, 2.45) is 16.7 Å². The van der Waals surface area contributed by atoms with Gasteiger partial charge in [-0.2, -0.15) is 0 Å². The lowest BCUT2D eigenvalue weighted by atomic mass is 9.78. The fraction of sp³-hybridized carbons (Fsp3) is 0.941. The van der Waals surface area contributed by atoms with Gasteiger partial charge >= 0.3 is 0 Å². The Morgan fingerprint density at radius 2 is 1.53 bits per heavy atom. The summed E-state index contributed by atoms with van der Waals surface area (Å²) in [6, 6.07) is 0. The Labute approximate surface area is 120 Å². The van der Waals surface area contributed by atoms with Crippen molar-refractivity contribution in [2.45, 2.75) is 80.8 Å². The van der Waals surface area contributed by atoms with Gasteiger partial charge in [0, 0.05) is 6.61 Å². The molecule has 0 radical (unpaired) electrons. The van der Waals surface area contributed by atoms with Gasteiger partial charge in [0.05, 0.1) is 0 Å². The van der Waals surface area contributed by atoms with Gasteiger partial charge in [0.1, 0.15) is 5.60 Å². The molecule has 1 unspecified atom stereocenters. The zero-order chi connectivity index (χ0) is 15.5. The molecule has 0 fully saturated rings. The third-order valence-corrected chi connectivity index (χ3v) is 4.34. The van der Waals surface area contributed by atoms with E-state index in [0.717, 1.165) is 12.8 Å². The third-order valence-electron chi connectivity index (χ3n) is 4.34. The molecule has 0 aromatic rings. The summed E-state index contributed by atoms with van der Waals surface area (Å²) in [6.45, 7) is 19.7. The van der Waals surface area contributed by atoms with E-state index in [4.69, 9.17) is 4.74 Å². The van der Waals surface area contributed by atoms with Crippen LogP contribution in [0.1, 0.15) is 75.2 Å². The van der Waals surface area contributed by atoms with Crippen LogP contribution >= 0.6 is 0 Å². The van der Waals surface area contributed by atoms with Gasteiger partial charge in [0.2, 0.25) is 0 Å². The average Bonchev–Trinajstić information content (AvgIpc) is 2.13. The van der Waals surface area contributed by atoms with E-state index < -0.39 is 5.60 Å². The Morgan fingerprint density at radius 3 is 1.84 bits per heavy atom. The lowest BCUT2D eigenvalue weighted by Gasteiger charge is -2.36. The van der Waals surface area contributed by atoms with Gasteiger partial charge in [-0.3, -0.25) is 4.79 Å². The van der Waals surface area contributed by atoms with Crippen molar-refractivity contribution in [1.29, 1.82) is 0 Å². The van der Waals surface area contributed by atoms with Crippen LogP contribution in [-0.4, -0.2) is 18.0 Å². The van der Waals surface area contributed by atoms with Gasteiger partial charge in [-0.05, 0) is 43.4 Å². The molecule has 0 aliphatic carbocycles. The summed E-state index contributed by atoms with van der Waals surface area (Å²) in [4.78, 5) is 11.9. The first-order valence-corrected chi connectivity index (χ1v) is 7.45. The molecule has 1 atom stereocenters. The Morgan fingerprint density at radius 1 is 1.05 bits per heavy atom. The van der Waals surface area contributed by atoms with Gasteiger partial charge in [-0.15, -0.1) is 0 Å². The second-order valence-electron chi connectivity index (χ2n) is 8.27. The van der Waals surface area contributed by atoms with Gasteiger partial charge in [-0.1, -0.05) is 48.5 Å². The summed E-state index contributed by atoms with van der Waals surface area (Å²) in [5, 5.41) is 0. The van der Waals surface area contributed by atoms with Crippen molar-refractivity contribution < 1.29 is 9.53 Å². The first kappa shape index (κ1) is 18.6. The average molecular weight is 270 g/mol. The van der Waals surface area contributed by atoms with Crippen LogP contribution in [0, 0.1) is 16.7 Å². The molecule has 114 valence electrons. The van der Waals surface area contributed by atoms with Crippen LogP contribution in [-0.2, 0) is 9.53 Å². The Hall–Kier alpha value is -0.370. The second kappa shape index (κ2) is 6.39. The molecule has 0 aliphatic rings. The second-order valence-corrected chi connectivity index (χ2v) is 8.27. The minimum atomic E-state index is -0.648. The van der Waals surface area contributed by atoms with Gasteiger partial charge < -0.3 is 4.74 Å². The van der Waals surface area contributed by atoms with Gasteiger partial charge in [0.15, 0.2) is 5.78 Å². The molecule has 0 saturated heterocycles. The number of rotatable bonds is 7. The lowest BCUT2D eigenvalue weighted by Crippen LogP contribution is -2.41. The zero-order valence-electron chi connectivity index (χ0n) is 14.5. The fourth-order valence-electron chi connectivity index (χ4n) is 2.12. The largest absolute Gasteiger partial charge is 0.367 e. The van der Waals surface area contributed by atoms with Crippen LogP contribution in [0.2, 0.25) is 0 Å². The highest BCUT2D eigenvalue weighted by atomic mass is 16.5. The van der Waals surface area contributed by atoms with Crippen LogP contribution in [0.3, 0.4) is 0 Å². The van der Waals surface area contributed by atoms with E-state index in [0.29, 0.717) is 12.5 Å². The lowest BCUT2D eigenvalue weighted by molar-refractivity contribution is -0.145. The van der Waals surface area contributed by atoms with E-state index in [1.54, 1.807) is 6.92 Å². The van der Waals surface area contributed by atoms with Crippen LogP contribution in [0.15, 0.2) is 0 Å². The first-order chi connectivity index (χ1) is 8.30. The van der Waals surface area contributed by atoms with Crippen LogP contribution in [0.25, 0.3) is 0 Å². The van der Waals surface area contributed by atoms with Crippen molar-refractivity contribution >= 4 is 5.78 Å². The predicted molar refractivity (Wildman–Crippen MR) is 82.3 cm³/mol. The molecule has 0 spiro atoms. The highest BCUT2D eigenvalue weighted by molar-refractivity contribution is 5.84. The SMILES string of the molecule is CC(=O)C(C)(CC(C)(C)C)OCCC(C)(C)C(C)C. The summed E-state index contributed by atoms with van der Waals surface area (Å²) < 4.78 is 6.00. The standard InChI is InChI=1S/C17H34O2/c1-13(2)16(7,8)10-11-19-17(9,14(3)18)12-15(4,5)6/h13H,10-12H2,1-9H3. The third kappa shape index (κ3) is 6.56. The molecular formula is C17H34O2. The van der Waals surface area contributed by atoms with Crippen molar-refractivity contribution in [3.05, 3.63) is 0 Å². The van der Waals surface area contributed by atoms with Crippen molar-refractivity contribution in [3.8, 4) is 0 Å². The summed E-state index contributed by atoms with van der Waals surface area (Å²) in [7, 11) is 0. The molecule has 0 aromatic carbocycles. The summed E-state index contributed by atoms with van der Waals surface area (Å²) in [5.41, 5.74) is -0.307. The van der Waals surface area contributed by atoms with Crippen LogP contribution in [0.4, 0.5) is 0 Å². The number of Topliss-reactive ketones (excluding diaryl/α,β-unsaturated/α-hetero) is 1. The highest BCUT2D eigenvalue weighted by Crippen LogP contribution is 2.33. The zero-order valence-corrected chi connectivity index (χ0v) is 14.5. The Bertz CT molecular complexity index is 297. The quantitative estimate of drug-likeness (QED) is 0.660. The number of carbonyl (C=O) groups excluding carboxylic acids is 1. The molecular weight excluding hydrogens is 236 g/mol. The molecule has 0 aromatic heterocycles. The van der Waals surface area contributed by atoms with E-state index in [1.165, 1.54) is 0 Å². The van der Waals surface area contributed by atoms with Crippen molar-refractivity contribution in [1.82, 2.24) is 0 Å². The molecule has 0 heterocycles. The molecule has 2 nitrogen and oxygen atoms in total. The predicted octanol–water partition coefficient (Wildman–Crippen LogP) is 4.86. The minimum Gasteiger partial charge on any atom is -0.367 e. The maximum atomic E-state index is 11.9. The molecule has 0 bridgehead atoms. The maximum absolute atomic E-state index is 11.9. The number of ketones is 1. The Kier molecular flexibility index (Phi) is 6.26. The van der Waals surface area contributed by atoms with Crippen molar-refractivity contribution in [3.63, 3.8) is 0 Å². The summed E-state index contributed by atoms with van der Waals surface area (Å²) in [5.74, 6) is 0.743. The van der Waals surface area contributed by atoms with E-state index in [9.17, 15) is 4.79 Å². The molecule has 0 amide bonds. The van der Waals surface area contributed by atoms with Crippen LogP contribution in [0.5, 0.6) is 0 Å². The van der Waals surface area contributed by atoms with Crippen LogP contribution < -0.4 is 0 Å². The summed E-state index contributed by atoms with van der Waals surface area (Å²) in [6.07, 6.45) is 1.75. The smallest absolute Gasteiger partial charge is 0.161 e. The number of ether oxygens (including phenoxy) is 1. The first-order valence-electron chi connectivity index (χ1n) is 7.45.